The van der Waals surface area contributed by atoms with Crippen LogP contribution < -0.4 is 5.73 Å². The minimum absolute atomic E-state index is 0.237. The Morgan fingerprint density at radius 3 is 2.79 bits per heavy atom. The van der Waals surface area contributed by atoms with E-state index < -0.39 is 0 Å². The largest absolute Gasteiger partial charge is 0.329 e. The van der Waals surface area contributed by atoms with Crippen LogP contribution in [-0.4, -0.2) is 49.6 Å². The van der Waals surface area contributed by atoms with Crippen LogP contribution in [0.5, 0.6) is 0 Å². The van der Waals surface area contributed by atoms with E-state index in [0.717, 1.165) is 23.7 Å². The van der Waals surface area contributed by atoms with Gasteiger partial charge < -0.3 is 10.6 Å². The van der Waals surface area contributed by atoms with E-state index in [1.165, 1.54) is 12.8 Å². The van der Waals surface area contributed by atoms with Gasteiger partial charge in [-0.3, -0.25) is 4.90 Å². The van der Waals surface area contributed by atoms with Crippen molar-refractivity contribution >= 4 is 11.6 Å². The van der Waals surface area contributed by atoms with E-state index in [0.29, 0.717) is 12.6 Å². The van der Waals surface area contributed by atoms with Crippen molar-refractivity contribution in [1.29, 1.82) is 0 Å². The molecule has 1 aromatic rings. The average molecular weight is 282 g/mol. The molecule has 1 saturated heterocycles. The summed E-state index contributed by atoms with van der Waals surface area (Å²) in [6, 6.07) is 8.89. The molecule has 2 atom stereocenters. The van der Waals surface area contributed by atoms with Crippen molar-refractivity contribution in [2.45, 2.75) is 24.9 Å². The third-order valence-electron chi connectivity index (χ3n) is 3.89. The molecule has 0 aromatic heterocycles. The molecule has 0 bridgehead atoms. The number of nitrogens with two attached hydrogens (primary N) is 1. The number of likely N-dealkylation sites (tertiary alicyclic amines) is 1. The first kappa shape index (κ1) is 14.8. The molecule has 1 aromatic carbocycles. The fourth-order valence-corrected chi connectivity index (χ4v) is 3.33. The van der Waals surface area contributed by atoms with Crippen LogP contribution in [0.15, 0.2) is 24.3 Å². The highest BCUT2D eigenvalue weighted by atomic mass is 35.5. The van der Waals surface area contributed by atoms with Gasteiger partial charge in [0.2, 0.25) is 0 Å². The SMILES string of the molecule is CN(C)CC1CCCN1C(CN)c1ccccc1Cl. The second-order valence-electron chi connectivity index (χ2n) is 5.57. The number of hydrogen-bond acceptors (Lipinski definition) is 3. The first-order valence-electron chi connectivity index (χ1n) is 6.98. The number of hydrogen-bond donors (Lipinski definition) is 1. The molecule has 0 radical (unpaired) electrons. The molecule has 1 fully saturated rings. The molecule has 1 heterocycles. The summed E-state index contributed by atoms with van der Waals surface area (Å²) in [5.74, 6) is 0. The molecular formula is C15H24ClN3. The van der Waals surface area contributed by atoms with Gasteiger partial charge in [0.25, 0.3) is 0 Å². The summed E-state index contributed by atoms with van der Waals surface area (Å²) >= 11 is 6.34. The van der Waals surface area contributed by atoms with E-state index in [2.05, 4.69) is 30.0 Å². The van der Waals surface area contributed by atoms with Crippen LogP contribution in [0.4, 0.5) is 0 Å². The van der Waals surface area contributed by atoms with E-state index in [1.807, 2.05) is 18.2 Å². The number of benzene rings is 1. The highest BCUT2D eigenvalue weighted by Gasteiger charge is 2.31. The van der Waals surface area contributed by atoms with Crippen molar-refractivity contribution in [3.05, 3.63) is 34.9 Å². The zero-order valence-corrected chi connectivity index (χ0v) is 12.6. The van der Waals surface area contributed by atoms with Gasteiger partial charge in [0.15, 0.2) is 0 Å². The molecule has 0 saturated carbocycles. The van der Waals surface area contributed by atoms with Crippen LogP contribution in [0.25, 0.3) is 0 Å². The second-order valence-corrected chi connectivity index (χ2v) is 5.98. The lowest BCUT2D eigenvalue weighted by Crippen LogP contribution is -2.42. The molecule has 3 nitrogen and oxygen atoms in total. The fourth-order valence-electron chi connectivity index (χ4n) is 3.07. The summed E-state index contributed by atoms with van der Waals surface area (Å²) in [5, 5.41) is 0.827. The Hall–Kier alpha value is -0.610. The summed E-state index contributed by atoms with van der Waals surface area (Å²) in [5.41, 5.74) is 7.20. The van der Waals surface area contributed by atoms with Crippen molar-refractivity contribution in [1.82, 2.24) is 9.80 Å². The van der Waals surface area contributed by atoms with Crippen molar-refractivity contribution in [3.63, 3.8) is 0 Å². The Morgan fingerprint density at radius 1 is 1.42 bits per heavy atom. The minimum Gasteiger partial charge on any atom is -0.329 e. The lowest BCUT2D eigenvalue weighted by Gasteiger charge is -2.34. The quantitative estimate of drug-likeness (QED) is 0.899. The van der Waals surface area contributed by atoms with Gasteiger partial charge in [-0.1, -0.05) is 29.8 Å². The molecule has 1 aliphatic heterocycles. The predicted molar refractivity (Wildman–Crippen MR) is 81.5 cm³/mol. The molecule has 106 valence electrons. The molecule has 2 rings (SSSR count). The van der Waals surface area contributed by atoms with Crippen molar-refractivity contribution < 1.29 is 0 Å². The molecule has 4 heteroatoms. The lowest BCUT2D eigenvalue weighted by atomic mass is 10.0. The number of rotatable bonds is 5. The summed E-state index contributed by atoms with van der Waals surface area (Å²) in [7, 11) is 4.26. The zero-order chi connectivity index (χ0) is 13.8. The predicted octanol–water partition coefficient (Wildman–Crippen LogP) is 2.37. The Kier molecular flexibility index (Phi) is 5.22. The summed E-state index contributed by atoms with van der Waals surface area (Å²) in [6.07, 6.45) is 2.50. The van der Waals surface area contributed by atoms with Crippen LogP contribution in [0.3, 0.4) is 0 Å². The second kappa shape index (κ2) is 6.71. The van der Waals surface area contributed by atoms with E-state index in [9.17, 15) is 0 Å². The molecule has 19 heavy (non-hydrogen) atoms. The van der Waals surface area contributed by atoms with Gasteiger partial charge in [0.1, 0.15) is 0 Å². The van der Waals surface area contributed by atoms with Crippen molar-refractivity contribution in [2.75, 3.05) is 33.7 Å². The van der Waals surface area contributed by atoms with Gasteiger partial charge in [0.05, 0.1) is 0 Å². The Bertz CT molecular complexity index is 408. The van der Waals surface area contributed by atoms with Gasteiger partial charge >= 0.3 is 0 Å². The Balaban J connectivity index is 2.19. The Morgan fingerprint density at radius 2 is 2.16 bits per heavy atom. The molecule has 2 unspecified atom stereocenters. The lowest BCUT2D eigenvalue weighted by molar-refractivity contribution is 0.156. The first-order chi connectivity index (χ1) is 9.13. The van der Waals surface area contributed by atoms with E-state index in [-0.39, 0.29) is 6.04 Å². The van der Waals surface area contributed by atoms with Crippen LogP contribution in [0.2, 0.25) is 5.02 Å². The van der Waals surface area contributed by atoms with Gasteiger partial charge in [-0.05, 0) is 45.1 Å². The van der Waals surface area contributed by atoms with Gasteiger partial charge in [0, 0.05) is 30.2 Å². The monoisotopic (exact) mass is 281 g/mol. The van der Waals surface area contributed by atoms with Gasteiger partial charge in [-0.15, -0.1) is 0 Å². The Labute approximate surface area is 121 Å². The summed E-state index contributed by atoms with van der Waals surface area (Å²) in [4.78, 5) is 4.78. The molecule has 0 spiro atoms. The van der Waals surface area contributed by atoms with E-state index in [4.69, 9.17) is 17.3 Å². The molecular weight excluding hydrogens is 258 g/mol. The molecule has 0 aliphatic carbocycles. The van der Waals surface area contributed by atoms with Crippen LogP contribution in [-0.2, 0) is 0 Å². The van der Waals surface area contributed by atoms with Gasteiger partial charge in [-0.2, -0.15) is 0 Å². The zero-order valence-electron chi connectivity index (χ0n) is 11.8. The third-order valence-corrected chi connectivity index (χ3v) is 4.23. The maximum Gasteiger partial charge on any atom is 0.0488 e. The number of nitrogens with zero attached hydrogens (tertiary/aromatic N) is 2. The highest BCUT2D eigenvalue weighted by molar-refractivity contribution is 6.31. The maximum atomic E-state index is 6.34. The van der Waals surface area contributed by atoms with Gasteiger partial charge in [-0.25, -0.2) is 0 Å². The first-order valence-corrected chi connectivity index (χ1v) is 7.36. The normalized spacial score (nSPS) is 22.1. The van der Waals surface area contributed by atoms with E-state index >= 15 is 0 Å². The van der Waals surface area contributed by atoms with Crippen LogP contribution in [0.1, 0.15) is 24.4 Å². The minimum atomic E-state index is 0.237. The molecule has 1 aliphatic rings. The topological polar surface area (TPSA) is 32.5 Å². The maximum absolute atomic E-state index is 6.34. The van der Waals surface area contributed by atoms with Crippen molar-refractivity contribution in [3.8, 4) is 0 Å². The smallest absolute Gasteiger partial charge is 0.0488 e. The standard InChI is InChI=1S/C15H24ClN3/c1-18(2)11-12-6-5-9-19(12)15(10-17)13-7-3-4-8-14(13)16/h3-4,7-8,12,15H,5-6,9-11,17H2,1-2H3. The highest BCUT2D eigenvalue weighted by Crippen LogP contribution is 2.32. The third kappa shape index (κ3) is 3.48. The number of likely N-dealkylation sites (N-methyl/N-ethyl adjacent to an activating group) is 1. The molecule has 0 amide bonds. The van der Waals surface area contributed by atoms with Crippen LogP contribution >= 0.6 is 11.6 Å². The summed E-state index contributed by atoms with van der Waals surface area (Å²) < 4.78 is 0. The molecule has 2 N–H and O–H groups in total. The summed E-state index contributed by atoms with van der Waals surface area (Å²) in [6.45, 7) is 2.82. The van der Waals surface area contributed by atoms with Crippen molar-refractivity contribution in [2.24, 2.45) is 5.73 Å². The van der Waals surface area contributed by atoms with E-state index in [1.54, 1.807) is 0 Å². The van der Waals surface area contributed by atoms with Crippen LogP contribution in [0, 0.1) is 0 Å². The fraction of sp³-hybridized carbons (Fsp3) is 0.600. The average Bonchev–Trinajstić information content (AvgIpc) is 2.80. The number of halogens is 1.